The first-order chi connectivity index (χ1) is 8.08. The molecule has 0 saturated carbocycles. The monoisotopic (exact) mass is 271 g/mol. The van der Waals surface area contributed by atoms with Crippen molar-refractivity contribution >= 4 is 12.4 Å². The summed E-state index contributed by atoms with van der Waals surface area (Å²) >= 11 is 0. The number of benzene rings is 1. The molecular formula is C15H26ClNO. The zero-order chi connectivity index (χ0) is 12.8. The highest BCUT2D eigenvalue weighted by Gasteiger charge is 2.18. The Morgan fingerprint density at radius 1 is 1.28 bits per heavy atom. The molecule has 18 heavy (non-hydrogen) atoms. The molecule has 104 valence electrons. The van der Waals surface area contributed by atoms with Gasteiger partial charge in [-0.2, -0.15) is 0 Å². The fraction of sp³-hybridized carbons (Fsp3) is 0.600. The Hall–Kier alpha value is -0.730. The third-order valence-corrected chi connectivity index (χ3v) is 3.30. The van der Waals surface area contributed by atoms with Crippen molar-refractivity contribution in [3.63, 3.8) is 0 Å². The summed E-state index contributed by atoms with van der Waals surface area (Å²) in [6, 6.07) is 8.47. The fourth-order valence-electron chi connectivity index (χ4n) is 2.54. The van der Waals surface area contributed by atoms with Gasteiger partial charge in [-0.15, -0.1) is 12.4 Å². The lowest BCUT2D eigenvalue weighted by atomic mass is 9.85. The molecule has 2 nitrogen and oxygen atoms in total. The molecule has 0 amide bonds. The molecule has 0 fully saturated rings. The SMILES string of the molecule is CCC(c1cccc(OC)c1)C(C)CN(C)C.Cl. The summed E-state index contributed by atoms with van der Waals surface area (Å²) in [4.78, 5) is 2.26. The number of hydrogen-bond acceptors (Lipinski definition) is 2. The predicted octanol–water partition coefficient (Wildman–Crippen LogP) is 3.81. The maximum atomic E-state index is 5.30. The minimum atomic E-state index is 0. The first kappa shape index (κ1) is 17.3. The zero-order valence-corrected chi connectivity index (χ0v) is 13.0. The van der Waals surface area contributed by atoms with Crippen LogP contribution in [0.1, 0.15) is 31.7 Å². The van der Waals surface area contributed by atoms with Gasteiger partial charge in [0.2, 0.25) is 0 Å². The van der Waals surface area contributed by atoms with E-state index in [1.54, 1.807) is 7.11 Å². The van der Waals surface area contributed by atoms with Gasteiger partial charge in [0.1, 0.15) is 5.75 Å². The number of hydrogen-bond donors (Lipinski definition) is 0. The maximum absolute atomic E-state index is 5.30. The van der Waals surface area contributed by atoms with Gasteiger partial charge < -0.3 is 9.64 Å². The van der Waals surface area contributed by atoms with Crippen molar-refractivity contribution in [1.29, 1.82) is 0 Å². The molecule has 1 aromatic carbocycles. The van der Waals surface area contributed by atoms with E-state index in [1.165, 1.54) is 12.0 Å². The van der Waals surface area contributed by atoms with Crippen LogP contribution in [0, 0.1) is 5.92 Å². The van der Waals surface area contributed by atoms with Gasteiger partial charge >= 0.3 is 0 Å². The van der Waals surface area contributed by atoms with Gasteiger partial charge in [-0.3, -0.25) is 0 Å². The summed E-state index contributed by atoms with van der Waals surface area (Å²) in [5, 5.41) is 0. The van der Waals surface area contributed by atoms with Crippen LogP contribution in [0.5, 0.6) is 5.75 Å². The van der Waals surface area contributed by atoms with Gasteiger partial charge in [-0.25, -0.2) is 0 Å². The maximum Gasteiger partial charge on any atom is 0.119 e. The van der Waals surface area contributed by atoms with Crippen molar-refractivity contribution < 1.29 is 4.74 Å². The van der Waals surface area contributed by atoms with Crippen LogP contribution in [0.25, 0.3) is 0 Å². The minimum Gasteiger partial charge on any atom is -0.497 e. The lowest BCUT2D eigenvalue weighted by Gasteiger charge is -2.26. The molecule has 0 aliphatic carbocycles. The average Bonchev–Trinajstić information content (AvgIpc) is 2.29. The molecular weight excluding hydrogens is 246 g/mol. The predicted molar refractivity (Wildman–Crippen MR) is 81.0 cm³/mol. The normalized spacial score (nSPS) is 13.9. The molecule has 0 aromatic heterocycles. The van der Waals surface area contributed by atoms with E-state index < -0.39 is 0 Å². The van der Waals surface area contributed by atoms with Gasteiger partial charge in [0.25, 0.3) is 0 Å². The Morgan fingerprint density at radius 2 is 1.94 bits per heavy atom. The zero-order valence-electron chi connectivity index (χ0n) is 12.1. The lowest BCUT2D eigenvalue weighted by molar-refractivity contribution is 0.301. The van der Waals surface area contributed by atoms with Crippen LogP contribution in [0.3, 0.4) is 0 Å². The van der Waals surface area contributed by atoms with Crippen LogP contribution >= 0.6 is 12.4 Å². The van der Waals surface area contributed by atoms with Crippen LogP contribution in [0.4, 0.5) is 0 Å². The Labute approximate surface area is 118 Å². The van der Waals surface area contributed by atoms with Crippen LogP contribution in [-0.2, 0) is 0 Å². The van der Waals surface area contributed by atoms with E-state index in [2.05, 4.69) is 51.0 Å². The first-order valence-corrected chi connectivity index (χ1v) is 6.37. The Kier molecular flexibility index (Phi) is 8.05. The number of rotatable bonds is 6. The fourth-order valence-corrected chi connectivity index (χ4v) is 2.54. The van der Waals surface area contributed by atoms with E-state index in [1.807, 2.05) is 6.07 Å². The third kappa shape index (κ3) is 4.87. The summed E-state index contributed by atoms with van der Waals surface area (Å²) in [5.74, 6) is 2.22. The molecule has 0 aliphatic rings. The van der Waals surface area contributed by atoms with E-state index in [9.17, 15) is 0 Å². The third-order valence-electron chi connectivity index (χ3n) is 3.30. The van der Waals surface area contributed by atoms with Crippen molar-refractivity contribution in [3.05, 3.63) is 29.8 Å². The van der Waals surface area contributed by atoms with Crippen molar-refractivity contribution in [3.8, 4) is 5.75 Å². The molecule has 1 rings (SSSR count). The van der Waals surface area contributed by atoms with E-state index in [0.717, 1.165) is 12.3 Å². The second kappa shape index (κ2) is 8.39. The summed E-state index contributed by atoms with van der Waals surface area (Å²) in [6.45, 7) is 5.71. The molecule has 0 aliphatic heterocycles. The first-order valence-electron chi connectivity index (χ1n) is 6.37. The highest BCUT2D eigenvalue weighted by molar-refractivity contribution is 5.85. The molecule has 2 atom stereocenters. The van der Waals surface area contributed by atoms with Crippen LogP contribution in [0.15, 0.2) is 24.3 Å². The van der Waals surface area contributed by atoms with E-state index in [0.29, 0.717) is 11.8 Å². The quantitative estimate of drug-likeness (QED) is 0.780. The molecule has 0 saturated heterocycles. The summed E-state index contributed by atoms with van der Waals surface area (Å²) in [7, 11) is 5.99. The van der Waals surface area contributed by atoms with E-state index in [-0.39, 0.29) is 12.4 Å². The number of halogens is 1. The molecule has 0 bridgehead atoms. The van der Waals surface area contributed by atoms with Gasteiger partial charge in [-0.05, 0) is 50.0 Å². The van der Waals surface area contributed by atoms with Crippen LogP contribution in [0.2, 0.25) is 0 Å². The molecule has 0 radical (unpaired) electrons. The van der Waals surface area contributed by atoms with Crippen molar-refractivity contribution in [2.75, 3.05) is 27.7 Å². The van der Waals surface area contributed by atoms with Crippen molar-refractivity contribution in [2.45, 2.75) is 26.2 Å². The summed E-state index contributed by atoms with van der Waals surface area (Å²) in [6.07, 6.45) is 1.17. The number of methoxy groups -OCH3 is 1. The molecule has 1 aromatic rings. The largest absolute Gasteiger partial charge is 0.497 e. The van der Waals surface area contributed by atoms with Crippen molar-refractivity contribution in [1.82, 2.24) is 4.90 Å². The van der Waals surface area contributed by atoms with Gasteiger partial charge in [0.05, 0.1) is 7.11 Å². The van der Waals surface area contributed by atoms with Gasteiger partial charge in [0, 0.05) is 6.54 Å². The minimum absolute atomic E-state index is 0. The molecule has 0 spiro atoms. The number of ether oxygens (including phenoxy) is 1. The molecule has 0 N–H and O–H groups in total. The van der Waals surface area contributed by atoms with E-state index in [4.69, 9.17) is 4.74 Å². The smallest absolute Gasteiger partial charge is 0.119 e. The second-order valence-electron chi connectivity index (χ2n) is 5.03. The lowest BCUT2D eigenvalue weighted by Crippen LogP contribution is -2.24. The average molecular weight is 272 g/mol. The summed E-state index contributed by atoms with van der Waals surface area (Å²) in [5.41, 5.74) is 1.39. The standard InChI is InChI=1S/C15H25NO.ClH/c1-6-15(12(2)11-16(3)4)13-8-7-9-14(10-13)17-5;/h7-10,12,15H,6,11H2,1-5H3;1H. The Bertz CT molecular complexity index is 341. The molecule has 3 heteroatoms. The van der Waals surface area contributed by atoms with Crippen LogP contribution in [-0.4, -0.2) is 32.6 Å². The summed E-state index contributed by atoms with van der Waals surface area (Å²) < 4.78 is 5.30. The Balaban J connectivity index is 0.00000289. The highest BCUT2D eigenvalue weighted by Crippen LogP contribution is 2.30. The van der Waals surface area contributed by atoms with Crippen LogP contribution < -0.4 is 4.74 Å². The number of nitrogens with zero attached hydrogens (tertiary/aromatic N) is 1. The Morgan fingerprint density at radius 3 is 2.44 bits per heavy atom. The molecule has 0 heterocycles. The van der Waals surface area contributed by atoms with Gasteiger partial charge in [0.15, 0.2) is 0 Å². The second-order valence-corrected chi connectivity index (χ2v) is 5.03. The van der Waals surface area contributed by atoms with E-state index >= 15 is 0 Å². The van der Waals surface area contributed by atoms with Crippen molar-refractivity contribution in [2.24, 2.45) is 5.92 Å². The highest BCUT2D eigenvalue weighted by atomic mass is 35.5. The topological polar surface area (TPSA) is 12.5 Å². The molecule has 2 unspecified atom stereocenters. The van der Waals surface area contributed by atoms with Gasteiger partial charge in [-0.1, -0.05) is 26.0 Å².